The monoisotopic (exact) mass is 360 g/mol. The fourth-order valence-electron chi connectivity index (χ4n) is 2.98. The molecular weight excluding hydrogens is 339 g/mol. The van der Waals surface area contributed by atoms with E-state index < -0.39 is 0 Å². The zero-order valence-electron chi connectivity index (χ0n) is 14.6. The van der Waals surface area contributed by atoms with Gasteiger partial charge in [-0.25, -0.2) is 9.18 Å². The van der Waals surface area contributed by atoms with E-state index in [1.165, 1.54) is 10.9 Å². The molecular formula is C19H21FN2O2S. The maximum atomic E-state index is 13.8. The number of hydrogen-bond acceptors (Lipinski definition) is 4. The van der Waals surface area contributed by atoms with Gasteiger partial charge >= 0.3 is 5.97 Å². The second kappa shape index (κ2) is 7.37. The lowest BCUT2D eigenvalue weighted by molar-refractivity contribution is 0.0514. The van der Waals surface area contributed by atoms with Crippen molar-refractivity contribution in [3.05, 3.63) is 57.8 Å². The number of esters is 1. The van der Waals surface area contributed by atoms with Gasteiger partial charge in [-0.1, -0.05) is 18.2 Å². The average molecular weight is 360 g/mol. The molecule has 0 aliphatic heterocycles. The lowest BCUT2D eigenvalue weighted by Gasteiger charge is -2.09. The normalized spacial score (nSPS) is 11.2. The Hall–Kier alpha value is -2.18. The number of rotatable bonds is 6. The Bertz CT molecular complexity index is 914. The Kier molecular flexibility index (Phi) is 5.20. The SMILES string of the molecule is CCOC(=O)c1c(CNCc2ccccc2F)c2sc(C)cc2n1C. The van der Waals surface area contributed by atoms with Crippen LogP contribution in [0.5, 0.6) is 0 Å². The Labute approximate surface area is 150 Å². The molecule has 0 aliphatic rings. The Balaban J connectivity index is 1.89. The molecule has 0 saturated carbocycles. The fraction of sp³-hybridized carbons (Fsp3) is 0.316. The molecule has 0 atom stereocenters. The van der Waals surface area contributed by atoms with Crippen molar-refractivity contribution < 1.29 is 13.9 Å². The first-order valence-corrected chi connectivity index (χ1v) is 9.03. The highest BCUT2D eigenvalue weighted by atomic mass is 32.1. The van der Waals surface area contributed by atoms with E-state index in [1.54, 1.807) is 30.4 Å². The van der Waals surface area contributed by atoms with Crippen LogP contribution in [-0.4, -0.2) is 17.1 Å². The van der Waals surface area contributed by atoms with Crippen LogP contribution in [0.4, 0.5) is 4.39 Å². The molecule has 1 aromatic carbocycles. The number of nitrogens with zero attached hydrogens (tertiary/aromatic N) is 1. The van der Waals surface area contributed by atoms with E-state index in [9.17, 15) is 9.18 Å². The van der Waals surface area contributed by atoms with Crippen LogP contribution in [-0.2, 0) is 24.9 Å². The highest BCUT2D eigenvalue weighted by molar-refractivity contribution is 7.19. The van der Waals surface area contributed by atoms with Crippen LogP contribution in [0.25, 0.3) is 10.2 Å². The van der Waals surface area contributed by atoms with E-state index in [1.807, 2.05) is 24.6 Å². The van der Waals surface area contributed by atoms with Crippen molar-refractivity contribution in [2.24, 2.45) is 7.05 Å². The third-order valence-electron chi connectivity index (χ3n) is 4.14. The smallest absolute Gasteiger partial charge is 0.355 e. The minimum absolute atomic E-state index is 0.231. The topological polar surface area (TPSA) is 43.3 Å². The predicted octanol–water partition coefficient (Wildman–Crippen LogP) is 4.15. The third kappa shape index (κ3) is 3.45. The Morgan fingerprint density at radius 1 is 1.32 bits per heavy atom. The van der Waals surface area contributed by atoms with E-state index in [2.05, 4.69) is 11.4 Å². The molecule has 0 amide bonds. The van der Waals surface area contributed by atoms with Crippen LogP contribution < -0.4 is 5.32 Å². The highest BCUT2D eigenvalue weighted by Gasteiger charge is 2.23. The van der Waals surface area contributed by atoms with Crippen LogP contribution in [0.15, 0.2) is 30.3 Å². The first-order valence-electron chi connectivity index (χ1n) is 8.21. The van der Waals surface area contributed by atoms with Gasteiger partial charge in [0.15, 0.2) is 0 Å². The number of ether oxygens (including phenoxy) is 1. The molecule has 2 aromatic heterocycles. The predicted molar refractivity (Wildman–Crippen MR) is 98.4 cm³/mol. The maximum Gasteiger partial charge on any atom is 0.355 e. The second-order valence-corrected chi connectivity index (χ2v) is 7.13. The number of carbonyl (C=O) groups is 1. The Morgan fingerprint density at radius 3 is 2.80 bits per heavy atom. The number of hydrogen-bond donors (Lipinski definition) is 1. The van der Waals surface area contributed by atoms with Gasteiger partial charge in [-0.2, -0.15) is 0 Å². The maximum absolute atomic E-state index is 13.8. The standard InChI is InChI=1S/C19H21FN2O2S/c1-4-24-19(23)17-14(18-16(22(17)3)9-12(2)25-18)11-21-10-13-7-5-6-8-15(13)20/h5-9,21H,4,10-11H2,1-3H3. The minimum atomic E-state index is -0.325. The summed E-state index contributed by atoms with van der Waals surface area (Å²) in [5.41, 5.74) is 3.09. The van der Waals surface area contributed by atoms with E-state index in [4.69, 9.17) is 4.74 Å². The molecule has 3 aromatic rings. The number of thiophene rings is 1. The molecule has 2 heterocycles. The number of halogens is 1. The van der Waals surface area contributed by atoms with E-state index in [-0.39, 0.29) is 11.8 Å². The summed E-state index contributed by atoms with van der Waals surface area (Å²) < 4.78 is 21.9. The lowest BCUT2D eigenvalue weighted by atomic mass is 10.2. The van der Waals surface area contributed by atoms with Crippen LogP contribution in [0.1, 0.15) is 33.4 Å². The second-order valence-electron chi connectivity index (χ2n) is 5.87. The first-order chi connectivity index (χ1) is 12.0. The van der Waals surface area contributed by atoms with Crippen molar-refractivity contribution in [1.29, 1.82) is 0 Å². The quantitative estimate of drug-likeness (QED) is 0.672. The summed E-state index contributed by atoms with van der Waals surface area (Å²) in [4.78, 5) is 13.6. The first kappa shape index (κ1) is 17.6. The van der Waals surface area contributed by atoms with Gasteiger partial charge in [0.2, 0.25) is 0 Å². The van der Waals surface area contributed by atoms with Gasteiger partial charge in [-0.15, -0.1) is 11.3 Å². The molecule has 0 fully saturated rings. The van der Waals surface area contributed by atoms with Crippen LogP contribution >= 0.6 is 11.3 Å². The highest BCUT2D eigenvalue weighted by Crippen LogP contribution is 2.33. The van der Waals surface area contributed by atoms with E-state index in [0.717, 1.165) is 15.8 Å². The fourth-order valence-corrected chi connectivity index (χ4v) is 4.07. The lowest BCUT2D eigenvalue weighted by Crippen LogP contribution is -2.18. The molecule has 4 nitrogen and oxygen atoms in total. The molecule has 0 bridgehead atoms. The van der Waals surface area contributed by atoms with Gasteiger partial charge in [0.1, 0.15) is 11.5 Å². The van der Waals surface area contributed by atoms with Crippen molar-refractivity contribution in [3.63, 3.8) is 0 Å². The summed E-state index contributed by atoms with van der Waals surface area (Å²) >= 11 is 1.66. The van der Waals surface area contributed by atoms with Gasteiger partial charge in [-0.3, -0.25) is 0 Å². The largest absolute Gasteiger partial charge is 0.461 e. The van der Waals surface area contributed by atoms with Gasteiger partial charge in [0.05, 0.1) is 16.8 Å². The molecule has 0 spiro atoms. The van der Waals surface area contributed by atoms with Crippen molar-refractivity contribution in [1.82, 2.24) is 9.88 Å². The number of aryl methyl sites for hydroxylation is 2. The molecule has 0 saturated heterocycles. The minimum Gasteiger partial charge on any atom is -0.461 e. The van der Waals surface area contributed by atoms with Crippen LogP contribution in [0.3, 0.4) is 0 Å². The summed E-state index contributed by atoms with van der Waals surface area (Å²) in [6.45, 7) is 5.04. The van der Waals surface area contributed by atoms with Crippen molar-refractivity contribution in [3.8, 4) is 0 Å². The summed E-state index contributed by atoms with van der Waals surface area (Å²) in [7, 11) is 1.88. The zero-order chi connectivity index (χ0) is 18.0. The molecule has 0 unspecified atom stereocenters. The van der Waals surface area contributed by atoms with E-state index >= 15 is 0 Å². The zero-order valence-corrected chi connectivity index (χ0v) is 15.4. The molecule has 0 aliphatic carbocycles. The van der Waals surface area contributed by atoms with Crippen LogP contribution in [0.2, 0.25) is 0 Å². The molecule has 6 heteroatoms. The molecule has 0 radical (unpaired) electrons. The summed E-state index contributed by atoms with van der Waals surface area (Å²) in [6, 6.07) is 8.76. The summed E-state index contributed by atoms with van der Waals surface area (Å²) in [5, 5.41) is 3.26. The summed E-state index contributed by atoms with van der Waals surface area (Å²) in [5.74, 6) is -0.556. The number of aromatic nitrogens is 1. The van der Waals surface area contributed by atoms with Crippen molar-refractivity contribution in [2.45, 2.75) is 26.9 Å². The van der Waals surface area contributed by atoms with Crippen LogP contribution in [0, 0.1) is 12.7 Å². The molecule has 1 N–H and O–H groups in total. The van der Waals surface area contributed by atoms with Gasteiger partial charge in [-0.05, 0) is 26.0 Å². The number of benzene rings is 1. The number of fused-ring (bicyclic) bond motifs is 1. The van der Waals surface area contributed by atoms with Crippen molar-refractivity contribution >= 4 is 27.5 Å². The average Bonchev–Trinajstić information content (AvgIpc) is 3.07. The van der Waals surface area contributed by atoms with Crippen molar-refractivity contribution in [2.75, 3.05) is 6.61 Å². The summed E-state index contributed by atoms with van der Waals surface area (Å²) in [6.07, 6.45) is 0. The molecule has 25 heavy (non-hydrogen) atoms. The number of carbonyl (C=O) groups excluding carboxylic acids is 1. The van der Waals surface area contributed by atoms with E-state index in [0.29, 0.717) is 31.0 Å². The van der Waals surface area contributed by atoms with Gasteiger partial charge in [0, 0.05) is 36.1 Å². The molecule has 3 rings (SSSR count). The molecule has 132 valence electrons. The van der Waals surface area contributed by atoms with Gasteiger partial charge in [0.25, 0.3) is 0 Å². The third-order valence-corrected chi connectivity index (χ3v) is 5.24. The Morgan fingerprint density at radius 2 is 2.08 bits per heavy atom. The van der Waals surface area contributed by atoms with Gasteiger partial charge < -0.3 is 14.6 Å². The number of nitrogens with one attached hydrogen (secondary N) is 1.